The van der Waals surface area contributed by atoms with E-state index >= 15 is 0 Å². The number of aromatic nitrogens is 2. The Hall–Kier alpha value is -2.03. The van der Waals surface area contributed by atoms with Crippen LogP contribution in [-0.4, -0.2) is 34.5 Å². The third-order valence-electron chi connectivity index (χ3n) is 4.83. The zero-order valence-corrected chi connectivity index (χ0v) is 16.5. The number of ether oxygens (including phenoxy) is 2. The molecular weight excluding hydrogens is 434 g/mol. The Kier molecular flexibility index (Phi) is 5.61. The van der Waals surface area contributed by atoms with Gasteiger partial charge in [0.1, 0.15) is 17.7 Å². The lowest BCUT2D eigenvalue weighted by atomic mass is 10.0. The highest BCUT2D eigenvalue weighted by molar-refractivity contribution is 9.10. The quantitative estimate of drug-likeness (QED) is 0.521. The molecule has 8 heteroatoms. The number of hydrogen-bond acceptors (Lipinski definition) is 4. The van der Waals surface area contributed by atoms with Gasteiger partial charge < -0.3 is 19.1 Å². The van der Waals surface area contributed by atoms with E-state index in [1.807, 2.05) is 28.8 Å². The largest absolute Gasteiger partial charge is 0.434 e. The van der Waals surface area contributed by atoms with E-state index in [0.29, 0.717) is 25.0 Å². The van der Waals surface area contributed by atoms with Crippen LogP contribution >= 0.6 is 15.9 Å². The molecule has 0 spiro atoms. The molecule has 5 nitrogen and oxygen atoms in total. The average Bonchev–Trinajstić information content (AvgIpc) is 3.20. The summed E-state index contributed by atoms with van der Waals surface area (Å²) in [6.45, 7) is -2.45. The molecule has 2 heterocycles. The molecule has 4 rings (SSSR count). The molecule has 1 aromatic heterocycles. The van der Waals surface area contributed by atoms with Crippen LogP contribution in [0.2, 0.25) is 0 Å². The van der Waals surface area contributed by atoms with Crippen molar-refractivity contribution >= 4 is 27.0 Å². The molecule has 0 unspecified atom stereocenters. The van der Waals surface area contributed by atoms with Gasteiger partial charge in [-0.15, -0.1) is 0 Å². The zero-order valence-electron chi connectivity index (χ0n) is 14.9. The lowest BCUT2D eigenvalue weighted by Crippen LogP contribution is -2.10. The minimum absolute atomic E-state index is 0.0462. The number of rotatable bonds is 7. The van der Waals surface area contributed by atoms with Gasteiger partial charge in [-0.2, -0.15) is 8.78 Å². The number of aliphatic hydroxyl groups excluding tert-OH is 1. The Morgan fingerprint density at radius 3 is 2.86 bits per heavy atom. The summed E-state index contributed by atoms with van der Waals surface area (Å²) in [5.41, 5.74) is 2.37. The van der Waals surface area contributed by atoms with E-state index in [2.05, 4.69) is 15.9 Å². The van der Waals surface area contributed by atoms with Gasteiger partial charge in [0.15, 0.2) is 0 Å². The van der Waals surface area contributed by atoms with Crippen LogP contribution in [0.1, 0.15) is 36.4 Å². The maximum Gasteiger partial charge on any atom is 0.387 e. The van der Waals surface area contributed by atoms with Crippen LogP contribution in [0, 0.1) is 0 Å². The van der Waals surface area contributed by atoms with Gasteiger partial charge in [-0.3, -0.25) is 0 Å². The highest BCUT2D eigenvalue weighted by Gasteiger charge is 2.37. The summed E-state index contributed by atoms with van der Waals surface area (Å²) in [5, 5.41) is 9.04. The van der Waals surface area contributed by atoms with Gasteiger partial charge in [0.05, 0.1) is 17.1 Å². The second-order valence-corrected chi connectivity index (χ2v) is 7.49. The molecule has 0 bridgehead atoms. The van der Waals surface area contributed by atoms with Crippen LogP contribution in [-0.2, 0) is 4.74 Å². The van der Waals surface area contributed by atoms with Crippen LogP contribution in [0.3, 0.4) is 0 Å². The summed E-state index contributed by atoms with van der Waals surface area (Å²) in [5.74, 6) is 0.907. The first-order valence-corrected chi connectivity index (χ1v) is 9.81. The summed E-state index contributed by atoms with van der Waals surface area (Å²) in [6, 6.07) is 12.4. The number of halogens is 3. The zero-order chi connectivity index (χ0) is 19.7. The monoisotopic (exact) mass is 452 g/mol. The molecule has 2 aromatic carbocycles. The molecule has 1 aliphatic heterocycles. The minimum atomic E-state index is -2.90. The molecule has 148 valence electrons. The molecule has 0 saturated carbocycles. The van der Waals surface area contributed by atoms with E-state index in [1.54, 1.807) is 18.2 Å². The average molecular weight is 453 g/mol. The summed E-state index contributed by atoms with van der Waals surface area (Å²) in [6.07, 6.45) is 0.792. The third kappa shape index (κ3) is 3.64. The highest BCUT2D eigenvalue weighted by atomic mass is 79.9. The Morgan fingerprint density at radius 2 is 2.07 bits per heavy atom. The molecule has 1 N–H and O–H groups in total. The van der Waals surface area contributed by atoms with Crippen molar-refractivity contribution in [3.8, 4) is 5.75 Å². The standard InChI is InChI=1S/C20H19BrF2N2O3/c21-12-6-7-14-16(10-12)25-15(11-18(19(25)24-14)27-9-3-8-26)13-4-1-2-5-17(13)28-20(22)23/h1-2,4-7,10,15,18,20,26H,3,8-9,11H2/t15-,18-/m1/s1. The second kappa shape index (κ2) is 8.14. The number of imidazole rings is 1. The Balaban J connectivity index is 1.80. The van der Waals surface area contributed by atoms with Crippen molar-refractivity contribution < 1.29 is 23.4 Å². The van der Waals surface area contributed by atoms with Gasteiger partial charge in [0, 0.05) is 29.7 Å². The predicted octanol–water partition coefficient (Wildman–Crippen LogP) is 4.83. The van der Waals surface area contributed by atoms with Gasteiger partial charge in [-0.1, -0.05) is 34.1 Å². The van der Waals surface area contributed by atoms with Crippen LogP contribution in [0.4, 0.5) is 8.78 Å². The van der Waals surface area contributed by atoms with Gasteiger partial charge in [-0.05, 0) is 30.7 Å². The SMILES string of the molecule is OCCCO[C@@H]1C[C@H](c2ccccc2OC(F)F)n2c1nc1ccc(Br)cc12. The van der Waals surface area contributed by atoms with E-state index in [-0.39, 0.29) is 24.5 Å². The normalized spacial score (nSPS) is 18.8. The van der Waals surface area contributed by atoms with Crippen molar-refractivity contribution in [1.82, 2.24) is 9.55 Å². The molecule has 0 amide bonds. The topological polar surface area (TPSA) is 56.5 Å². The van der Waals surface area contributed by atoms with Crippen molar-refractivity contribution in [2.45, 2.75) is 31.6 Å². The van der Waals surface area contributed by atoms with E-state index < -0.39 is 6.61 Å². The molecule has 0 aliphatic carbocycles. The van der Waals surface area contributed by atoms with Crippen LogP contribution in [0.25, 0.3) is 11.0 Å². The Labute approximate surface area is 169 Å². The molecule has 0 saturated heterocycles. The molecule has 1 aliphatic rings. The van der Waals surface area contributed by atoms with Crippen molar-refractivity contribution in [1.29, 1.82) is 0 Å². The van der Waals surface area contributed by atoms with Crippen molar-refractivity contribution in [2.75, 3.05) is 13.2 Å². The summed E-state index contributed by atoms with van der Waals surface area (Å²) < 4.78 is 39.5. The van der Waals surface area contributed by atoms with Gasteiger partial charge in [0.2, 0.25) is 0 Å². The molecule has 0 fully saturated rings. The van der Waals surface area contributed by atoms with E-state index in [4.69, 9.17) is 19.6 Å². The third-order valence-corrected chi connectivity index (χ3v) is 5.32. The van der Waals surface area contributed by atoms with Gasteiger partial charge in [-0.25, -0.2) is 4.98 Å². The van der Waals surface area contributed by atoms with Crippen LogP contribution in [0.5, 0.6) is 5.75 Å². The van der Waals surface area contributed by atoms with Gasteiger partial charge >= 0.3 is 6.61 Å². The molecule has 2 atom stereocenters. The maximum atomic E-state index is 12.9. The second-order valence-electron chi connectivity index (χ2n) is 6.58. The number of alkyl halides is 2. The van der Waals surface area contributed by atoms with Crippen LogP contribution in [0.15, 0.2) is 46.9 Å². The number of para-hydroxylation sites is 1. The fourth-order valence-corrected chi connectivity index (χ4v) is 4.06. The first kappa shape index (κ1) is 19.3. The highest BCUT2D eigenvalue weighted by Crippen LogP contribution is 2.45. The van der Waals surface area contributed by atoms with Crippen molar-refractivity contribution in [3.05, 3.63) is 58.3 Å². The number of fused-ring (bicyclic) bond motifs is 3. The minimum Gasteiger partial charge on any atom is -0.434 e. The maximum absolute atomic E-state index is 12.9. The lowest BCUT2D eigenvalue weighted by Gasteiger charge is -2.19. The Morgan fingerprint density at radius 1 is 1.25 bits per heavy atom. The Bertz CT molecular complexity index is 979. The summed E-state index contributed by atoms with van der Waals surface area (Å²) in [7, 11) is 0. The van der Waals surface area contributed by atoms with E-state index in [1.165, 1.54) is 0 Å². The molecule has 0 radical (unpaired) electrons. The van der Waals surface area contributed by atoms with Crippen LogP contribution < -0.4 is 4.74 Å². The van der Waals surface area contributed by atoms with E-state index in [0.717, 1.165) is 21.3 Å². The summed E-state index contributed by atoms with van der Waals surface area (Å²) in [4.78, 5) is 4.73. The molecule has 3 aromatic rings. The number of benzene rings is 2. The number of nitrogens with zero attached hydrogens (tertiary/aromatic N) is 2. The smallest absolute Gasteiger partial charge is 0.387 e. The molecular formula is C20H19BrF2N2O3. The lowest BCUT2D eigenvalue weighted by molar-refractivity contribution is -0.0507. The molecule has 28 heavy (non-hydrogen) atoms. The van der Waals surface area contributed by atoms with Crippen molar-refractivity contribution in [3.63, 3.8) is 0 Å². The first-order chi connectivity index (χ1) is 13.6. The van der Waals surface area contributed by atoms with Gasteiger partial charge in [0.25, 0.3) is 0 Å². The fraction of sp³-hybridized carbons (Fsp3) is 0.350. The van der Waals surface area contributed by atoms with E-state index in [9.17, 15) is 8.78 Å². The predicted molar refractivity (Wildman–Crippen MR) is 104 cm³/mol. The number of aliphatic hydroxyl groups is 1. The van der Waals surface area contributed by atoms with Crippen molar-refractivity contribution in [2.24, 2.45) is 0 Å². The fourth-order valence-electron chi connectivity index (χ4n) is 3.71. The summed E-state index contributed by atoms with van der Waals surface area (Å²) >= 11 is 3.49. The first-order valence-electron chi connectivity index (χ1n) is 9.02. The number of hydrogen-bond donors (Lipinski definition) is 1.